The molecule has 3 rings (SSSR count). The van der Waals surface area contributed by atoms with Crippen LogP contribution in [0, 0.1) is 24.5 Å². The van der Waals surface area contributed by atoms with Crippen LogP contribution in [0.1, 0.15) is 23.8 Å². The smallest absolute Gasteiger partial charge is 0.263 e. The van der Waals surface area contributed by atoms with Gasteiger partial charge in [-0.25, -0.2) is 0 Å². The Hall–Kier alpha value is -0.980. The Kier molecular flexibility index (Phi) is 4.03. The van der Waals surface area contributed by atoms with Gasteiger partial charge in [0.1, 0.15) is 4.83 Å². The Morgan fingerprint density at radius 3 is 2.86 bits per heavy atom. The first-order chi connectivity index (χ1) is 10.0. The van der Waals surface area contributed by atoms with E-state index in [0.717, 1.165) is 48.4 Å². The monoisotopic (exact) mass is 323 g/mol. The Bertz CT molecular complexity index is 787. The molecular weight excluding hydrogens is 302 g/mol. The molecule has 0 aliphatic carbocycles. The maximum absolute atomic E-state index is 12.8. The fourth-order valence-electron chi connectivity index (χ4n) is 3.14. The summed E-state index contributed by atoms with van der Waals surface area (Å²) < 4.78 is 2.32. The lowest BCUT2D eigenvalue weighted by atomic mass is 10.1. The molecule has 2 aromatic rings. The Morgan fingerprint density at radius 1 is 1.43 bits per heavy atom. The van der Waals surface area contributed by atoms with Crippen molar-refractivity contribution in [2.45, 2.75) is 33.7 Å². The minimum Gasteiger partial charge on any atom is -0.323 e. The SMILES string of the molecule is CCN1CCC(Cn2c(=S)[nH]c3sc(C)c(C)c3c2=O)C1. The molecule has 21 heavy (non-hydrogen) atoms. The highest BCUT2D eigenvalue weighted by Gasteiger charge is 2.23. The van der Waals surface area contributed by atoms with Crippen molar-refractivity contribution in [2.75, 3.05) is 19.6 Å². The quantitative estimate of drug-likeness (QED) is 0.883. The van der Waals surface area contributed by atoms with E-state index in [2.05, 4.69) is 23.7 Å². The van der Waals surface area contributed by atoms with Crippen molar-refractivity contribution in [3.63, 3.8) is 0 Å². The van der Waals surface area contributed by atoms with Crippen molar-refractivity contribution in [3.8, 4) is 0 Å². The second-order valence-electron chi connectivity index (χ2n) is 5.88. The van der Waals surface area contributed by atoms with Crippen molar-refractivity contribution in [2.24, 2.45) is 5.92 Å². The van der Waals surface area contributed by atoms with Gasteiger partial charge in [0.25, 0.3) is 5.56 Å². The largest absolute Gasteiger partial charge is 0.323 e. The second-order valence-corrected chi connectivity index (χ2v) is 7.49. The summed E-state index contributed by atoms with van der Waals surface area (Å²) in [6, 6.07) is 0. The van der Waals surface area contributed by atoms with Crippen LogP contribution >= 0.6 is 23.6 Å². The Labute approximate surface area is 133 Å². The van der Waals surface area contributed by atoms with E-state index in [0.29, 0.717) is 10.7 Å². The van der Waals surface area contributed by atoms with Gasteiger partial charge in [0.15, 0.2) is 4.77 Å². The van der Waals surface area contributed by atoms with Crippen molar-refractivity contribution in [1.82, 2.24) is 14.5 Å². The molecular formula is C15H21N3OS2. The predicted molar refractivity (Wildman–Crippen MR) is 91.0 cm³/mol. The standard InChI is InChI=1S/C15H21N3OS2/c1-4-17-6-5-11(7-17)8-18-14(19)12-9(2)10(3)21-13(12)16-15(18)20/h11H,4-8H2,1-3H3,(H,16,20). The molecule has 1 N–H and O–H groups in total. The van der Waals surface area contributed by atoms with Crippen molar-refractivity contribution < 1.29 is 0 Å². The lowest BCUT2D eigenvalue weighted by Crippen LogP contribution is -2.27. The van der Waals surface area contributed by atoms with Gasteiger partial charge in [-0.3, -0.25) is 9.36 Å². The first-order valence-electron chi connectivity index (χ1n) is 7.46. The van der Waals surface area contributed by atoms with Crippen molar-refractivity contribution in [3.05, 3.63) is 25.6 Å². The van der Waals surface area contributed by atoms with Crippen LogP contribution in [0.3, 0.4) is 0 Å². The molecule has 1 atom stereocenters. The molecule has 3 heterocycles. The van der Waals surface area contributed by atoms with Gasteiger partial charge in [0, 0.05) is 18.0 Å². The molecule has 0 radical (unpaired) electrons. The number of fused-ring (bicyclic) bond motifs is 1. The van der Waals surface area contributed by atoms with E-state index in [-0.39, 0.29) is 5.56 Å². The number of nitrogens with one attached hydrogen (secondary N) is 1. The summed E-state index contributed by atoms with van der Waals surface area (Å²) in [7, 11) is 0. The third-order valence-electron chi connectivity index (χ3n) is 4.57. The van der Waals surface area contributed by atoms with Gasteiger partial charge in [-0.2, -0.15) is 0 Å². The first kappa shape index (κ1) is 14.9. The normalized spacial score (nSPS) is 19.7. The number of H-pyrrole nitrogens is 1. The van der Waals surface area contributed by atoms with E-state index in [1.54, 1.807) is 15.9 Å². The maximum Gasteiger partial charge on any atom is 0.263 e. The summed E-state index contributed by atoms with van der Waals surface area (Å²) in [5.41, 5.74) is 1.16. The van der Waals surface area contributed by atoms with E-state index in [9.17, 15) is 4.79 Å². The third kappa shape index (κ3) is 2.60. The third-order valence-corrected chi connectivity index (χ3v) is 6.01. The molecule has 0 saturated carbocycles. The summed E-state index contributed by atoms with van der Waals surface area (Å²) in [5, 5.41) is 0.816. The number of rotatable bonds is 3. The number of hydrogen-bond donors (Lipinski definition) is 1. The summed E-state index contributed by atoms with van der Waals surface area (Å²) in [6.07, 6.45) is 1.15. The molecule has 1 aliphatic rings. The minimum atomic E-state index is 0.0746. The lowest BCUT2D eigenvalue weighted by molar-refractivity contribution is 0.331. The molecule has 6 heteroatoms. The second kappa shape index (κ2) is 5.66. The number of thiophene rings is 1. The summed E-state index contributed by atoms with van der Waals surface area (Å²) in [4.78, 5) is 20.6. The summed E-state index contributed by atoms with van der Waals surface area (Å²) >= 11 is 7.03. The molecule has 2 aromatic heterocycles. The number of aromatic amines is 1. The topological polar surface area (TPSA) is 41.0 Å². The van der Waals surface area contributed by atoms with Gasteiger partial charge in [-0.1, -0.05) is 6.92 Å². The van der Waals surface area contributed by atoms with E-state index in [1.165, 1.54) is 4.88 Å². The van der Waals surface area contributed by atoms with Crippen LogP contribution in [0.2, 0.25) is 0 Å². The van der Waals surface area contributed by atoms with Crippen LogP contribution in [0.15, 0.2) is 4.79 Å². The van der Waals surface area contributed by atoms with Gasteiger partial charge in [0.05, 0.1) is 5.39 Å². The van der Waals surface area contributed by atoms with Gasteiger partial charge in [0.2, 0.25) is 0 Å². The fraction of sp³-hybridized carbons (Fsp3) is 0.600. The molecule has 0 aromatic carbocycles. The predicted octanol–water partition coefficient (Wildman–Crippen LogP) is 3.08. The Morgan fingerprint density at radius 2 is 2.19 bits per heavy atom. The number of hydrogen-bond acceptors (Lipinski definition) is 4. The van der Waals surface area contributed by atoms with E-state index in [1.807, 2.05) is 6.92 Å². The highest BCUT2D eigenvalue weighted by molar-refractivity contribution is 7.71. The molecule has 0 amide bonds. The number of aryl methyl sites for hydroxylation is 2. The average Bonchev–Trinajstić information content (AvgIpc) is 3.00. The highest BCUT2D eigenvalue weighted by Crippen LogP contribution is 2.26. The highest BCUT2D eigenvalue weighted by atomic mass is 32.1. The molecule has 1 unspecified atom stereocenters. The Balaban J connectivity index is 2.01. The fourth-order valence-corrected chi connectivity index (χ4v) is 4.51. The number of likely N-dealkylation sites (tertiary alicyclic amines) is 1. The molecule has 1 saturated heterocycles. The number of nitrogens with zero attached hydrogens (tertiary/aromatic N) is 2. The molecule has 0 spiro atoms. The van der Waals surface area contributed by atoms with Crippen LogP contribution < -0.4 is 5.56 Å². The van der Waals surface area contributed by atoms with Crippen LogP contribution in [0.25, 0.3) is 10.2 Å². The molecule has 1 fully saturated rings. The van der Waals surface area contributed by atoms with Crippen LogP contribution in [0.5, 0.6) is 0 Å². The van der Waals surface area contributed by atoms with E-state index < -0.39 is 0 Å². The van der Waals surface area contributed by atoms with Gasteiger partial charge < -0.3 is 9.88 Å². The first-order valence-corrected chi connectivity index (χ1v) is 8.69. The molecule has 1 aliphatic heterocycles. The van der Waals surface area contributed by atoms with Gasteiger partial charge in [-0.15, -0.1) is 11.3 Å². The molecule has 114 valence electrons. The number of aromatic nitrogens is 2. The van der Waals surface area contributed by atoms with Gasteiger partial charge >= 0.3 is 0 Å². The van der Waals surface area contributed by atoms with Crippen molar-refractivity contribution >= 4 is 33.8 Å². The average molecular weight is 323 g/mol. The molecule has 4 nitrogen and oxygen atoms in total. The van der Waals surface area contributed by atoms with Gasteiger partial charge in [-0.05, 0) is 57.1 Å². The van der Waals surface area contributed by atoms with Crippen LogP contribution in [-0.4, -0.2) is 34.1 Å². The maximum atomic E-state index is 12.8. The zero-order valence-electron chi connectivity index (χ0n) is 12.7. The van der Waals surface area contributed by atoms with E-state index in [4.69, 9.17) is 12.2 Å². The van der Waals surface area contributed by atoms with Crippen LogP contribution in [-0.2, 0) is 6.54 Å². The van der Waals surface area contributed by atoms with E-state index >= 15 is 0 Å². The zero-order valence-corrected chi connectivity index (χ0v) is 14.4. The summed E-state index contributed by atoms with van der Waals surface area (Å²) in [6.45, 7) is 10.3. The minimum absolute atomic E-state index is 0.0746. The summed E-state index contributed by atoms with van der Waals surface area (Å²) in [5.74, 6) is 0.523. The zero-order chi connectivity index (χ0) is 15.1. The lowest BCUT2D eigenvalue weighted by Gasteiger charge is -2.14. The van der Waals surface area contributed by atoms with Crippen LogP contribution in [0.4, 0.5) is 0 Å². The molecule has 0 bridgehead atoms. The van der Waals surface area contributed by atoms with Crippen molar-refractivity contribution in [1.29, 1.82) is 0 Å².